The molecule has 114 valence electrons. The van der Waals surface area contributed by atoms with Crippen LogP contribution >= 0.6 is 0 Å². The first-order valence-electron chi connectivity index (χ1n) is 7.71. The van der Waals surface area contributed by atoms with Crippen molar-refractivity contribution in [2.45, 2.75) is 32.9 Å². The molecule has 0 radical (unpaired) electrons. The zero-order valence-corrected chi connectivity index (χ0v) is 13.1. The van der Waals surface area contributed by atoms with Gasteiger partial charge in [-0.1, -0.05) is 37.3 Å². The van der Waals surface area contributed by atoms with E-state index in [1.54, 1.807) is 0 Å². The van der Waals surface area contributed by atoms with Crippen LogP contribution in [0.2, 0.25) is 0 Å². The number of nitrogens with zero attached hydrogens (tertiary/aromatic N) is 3. The summed E-state index contributed by atoms with van der Waals surface area (Å²) in [7, 11) is 2.03. The fraction of sp³-hybridized carbons (Fsp3) is 0.471. The summed E-state index contributed by atoms with van der Waals surface area (Å²) < 4.78 is 2.00. The van der Waals surface area contributed by atoms with Crippen LogP contribution in [0.3, 0.4) is 0 Å². The highest BCUT2D eigenvalue weighted by Crippen LogP contribution is 2.12. The van der Waals surface area contributed by atoms with Gasteiger partial charge < -0.3 is 5.73 Å². The molecule has 0 bridgehead atoms. The number of aryl methyl sites for hydroxylation is 2. The molecule has 2 rings (SSSR count). The molecule has 0 fully saturated rings. The van der Waals surface area contributed by atoms with Gasteiger partial charge in [-0.3, -0.25) is 9.58 Å². The number of rotatable bonds is 8. The molecule has 2 aromatic rings. The summed E-state index contributed by atoms with van der Waals surface area (Å²) in [6.07, 6.45) is 2.00. The molecule has 4 heteroatoms. The molecule has 2 N–H and O–H groups in total. The van der Waals surface area contributed by atoms with E-state index in [4.69, 9.17) is 5.73 Å². The molecule has 1 aromatic heterocycles. The van der Waals surface area contributed by atoms with Crippen LogP contribution in [0.1, 0.15) is 30.3 Å². The predicted octanol–water partition coefficient (Wildman–Crippen LogP) is 2.33. The summed E-state index contributed by atoms with van der Waals surface area (Å²) in [4.78, 5) is 2.44. The van der Waals surface area contributed by atoms with Gasteiger partial charge in [0.05, 0.1) is 11.4 Å². The molecule has 0 aliphatic rings. The SMILES string of the molecule is CCc1cc(CN(CCCN)Cc2ccccc2)n(C)n1. The van der Waals surface area contributed by atoms with E-state index in [0.29, 0.717) is 0 Å². The minimum absolute atomic E-state index is 0.733. The van der Waals surface area contributed by atoms with Crippen molar-refractivity contribution in [2.24, 2.45) is 12.8 Å². The molecule has 0 unspecified atom stereocenters. The first-order valence-corrected chi connectivity index (χ1v) is 7.71. The van der Waals surface area contributed by atoms with Crippen molar-refractivity contribution in [1.29, 1.82) is 0 Å². The largest absolute Gasteiger partial charge is 0.330 e. The maximum atomic E-state index is 5.67. The number of hydrogen-bond donors (Lipinski definition) is 1. The Morgan fingerprint density at radius 3 is 2.57 bits per heavy atom. The molecule has 0 aliphatic heterocycles. The van der Waals surface area contributed by atoms with E-state index in [9.17, 15) is 0 Å². The second kappa shape index (κ2) is 7.96. The third-order valence-electron chi connectivity index (χ3n) is 3.70. The summed E-state index contributed by atoms with van der Waals surface area (Å²) in [6, 6.07) is 12.8. The van der Waals surface area contributed by atoms with E-state index in [2.05, 4.69) is 53.3 Å². The van der Waals surface area contributed by atoms with Gasteiger partial charge in [0, 0.05) is 26.7 Å². The Hall–Kier alpha value is -1.65. The van der Waals surface area contributed by atoms with Crippen molar-refractivity contribution in [3.63, 3.8) is 0 Å². The van der Waals surface area contributed by atoms with E-state index >= 15 is 0 Å². The molecular weight excluding hydrogens is 260 g/mol. The van der Waals surface area contributed by atoms with E-state index < -0.39 is 0 Å². The highest BCUT2D eigenvalue weighted by atomic mass is 15.3. The van der Waals surface area contributed by atoms with Gasteiger partial charge in [-0.25, -0.2) is 0 Å². The van der Waals surface area contributed by atoms with E-state index in [1.807, 2.05) is 11.7 Å². The average molecular weight is 286 g/mol. The van der Waals surface area contributed by atoms with Gasteiger partial charge in [-0.15, -0.1) is 0 Å². The van der Waals surface area contributed by atoms with Gasteiger partial charge in [-0.05, 0) is 31.0 Å². The molecule has 1 aromatic carbocycles. The Kier molecular flexibility index (Phi) is 5.96. The number of hydrogen-bond acceptors (Lipinski definition) is 3. The van der Waals surface area contributed by atoms with Crippen LogP contribution < -0.4 is 5.73 Å². The Morgan fingerprint density at radius 2 is 1.95 bits per heavy atom. The van der Waals surface area contributed by atoms with Crippen molar-refractivity contribution in [1.82, 2.24) is 14.7 Å². The quantitative estimate of drug-likeness (QED) is 0.810. The van der Waals surface area contributed by atoms with E-state index in [0.717, 1.165) is 44.7 Å². The molecule has 0 aliphatic carbocycles. The molecule has 4 nitrogen and oxygen atoms in total. The lowest BCUT2D eigenvalue weighted by Crippen LogP contribution is -2.26. The average Bonchev–Trinajstić information content (AvgIpc) is 2.86. The van der Waals surface area contributed by atoms with Gasteiger partial charge in [-0.2, -0.15) is 5.10 Å². The number of nitrogens with two attached hydrogens (primary N) is 1. The minimum Gasteiger partial charge on any atom is -0.330 e. The van der Waals surface area contributed by atoms with Crippen LogP contribution in [-0.2, 0) is 26.6 Å². The second-order valence-electron chi connectivity index (χ2n) is 5.44. The fourth-order valence-corrected chi connectivity index (χ4v) is 2.49. The van der Waals surface area contributed by atoms with E-state index in [-0.39, 0.29) is 0 Å². The van der Waals surface area contributed by atoms with Crippen LogP contribution in [0.15, 0.2) is 36.4 Å². The Balaban J connectivity index is 2.06. The molecule has 21 heavy (non-hydrogen) atoms. The highest BCUT2D eigenvalue weighted by molar-refractivity contribution is 5.15. The Morgan fingerprint density at radius 1 is 1.19 bits per heavy atom. The van der Waals surface area contributed by atoms with Gasteiger partial charge >= 0.3 is 0 Å². The van der Waals surface area contributed by atoms with Crippen LogP contribution in [0.5, 0.6) is 0 Å². The molecule has 1 heterocycles. The monoisotopic (exact) mass is 286 g/mol. The summed E-state index contributed by atoms with van der Waals surface area (Å²) in [5, 5.41) is 4.53. The predicted molar refractivity (Wildman–Crippen MR) is 86.8 cm³/mol. The standard InChI is InChI=1S/C17H26N4/c1-3-16-12-17(20(2)19-16)14-21(11-7-10-18)13-15-8-5-4-6-9-15/h4-6,8-9,12H,3,7,10-11,13-14,18H2,1-2H3. The van der Waals surface area contributed by atoms with Crippen LogP contribution in [0.25, 0.3) is 0 Å². The zero-order valence-electron chi connectivity index (χ0n) is 13.1. The first-order chi connectivity index (χ1) is 10.2. The van der Waals surface area contributed by atoms with Gasteiger partial charge in [0.25, 0.3) is 0 Å². The number of aromatic nitrogens is 2. The topological polar surface area (TPSA) is 47.1 Å². The summed E-state index contributed by atoms with van der Waals surface area (Å²) in [5.41, 5.74) is 9.44. The van der Waals surface area contributed by atoms with Gasteiger partial charge in [0.1, 0.15) is 0 Å². The molecule has 0 saturated carbocycles. The van der Waals surface area contributed by atoms with Gasteiger partial charge in [0.2, 0.25) is 0 Å². The normalized spacial score (nSPS) is 11.2. The van der Waals surface area contributed by atoms with Crippen molar-refractivity contribution >= 4 is 0 Å². The van der Waals surface area contributed by atoms with Crippen molar-refractivity contribution in [3.05, 3.63) is 53.3 Å². The minimum atomic E-state index is 0.733. The Labute approximate surface area is 127 Å². The maximum absolute atomic E-state index is 5.67. The molecule has 0 spiro atoms. The molecule has 0 atom stereocenters. The maximum Gasteiger partial charge on any atom is 0.0625 e. The summed E-state index contributed by atoms with van der Waals surface area (Å²) in [5.74, 6) is 0. The highest BCUT2D eigenvalue weighted by Gasteiger charge is 2.10. The second-order valence-corrected chi connectivity index (χ2v) is 5.44. The lowest BCUT2D eigenvalue weighted by Gasteiger charge is -2.22. The first kappa shape index (κ1) is 15.7. The van der Waals surface area contributed by atoms with E-state index in [1.165, 1.54) is 11.3 Å². The van der Waals surface area contributed by atoms with Gasteiger partial charge in [0.15, 0.2) is 0 Å². The lowest BCUT2D eigenvalue weighted by atomic mass is 10.2. The van der Waals surface area contributed by atoms with Crippen LogP contribution in [0.4, 0.5) is 0 Å². The smallest absolute Gasteiger partial charge is 0.0625 e. The number of benzene rings is 1. The third-order valence-corrected chi connectivity index (χ3v) is 3.70. The lowest BCUT2D eigenvalue weighted by molar-refractivity contribution is 0.248. The molecule has 0 saturated heterocycles. The molecule has 0 amide bonds. The van der Waals surface area contributed by atoms with Crippen LogP contribution in [-0.4, -0.2) is 27.8 Å². The van der Waals surface area contributed by atoms with Crippen molar-refractivity contribution < 1.29 is 0 Å². The Bertz CT molecular complexity index is 533. The molecular formula is C17H26N4. The summed E-state index contributed by atoms with van der Waals surface area (Å²) in [6.45, 7) is 5.75. The van der Waals surface area contributed by atoms with Crippen molar-refractivity contribution in [2.75, 3.05) is 13.1 Å². The van der Waals surface area contributed by atoms with Crippen molar-refractivity contribution in [3.8, 4) is 0 Å². The summed E-state index contributed by atoms with van der Waals surface area (Å²) >= 11 is 0. The fourth-order valence-electron chi connectivity index (χ4n) is 2.49. The zero-order chi connectivity index (χ0) is 15.1. The third kappa shape index (κ3) is 4.69. The van der Waals surface area contributed by atoms with Crippen LogP contribution in [0, 0.1) is 0 Å².